The van der Waals surface area contributed by atoms with Crippen LogP contribution in [0.5, 0.6) is 5.75 Å². The van der Waals surface area contributed by atoms with Gasteiger partial charge in [0, 0.05) is 75.5 Å². The van der Waals surface area contributed by atoms with Gasteiger partial charge in [0.1, 0.15) is 11.9 Å². The molecule has 3 amide bonds. The summed E-state index contributed by atoms with van der Waals surface area (Å²) in [6.45, 7) is 5.05. The SMILES string of the molecule is CN1CCN(C(=O)C[C@H]2CN(C(=O)CN3CCCCCC3=O)CC[C@@H]2Oc2cccc(Br)c2)CC1. The van der Waals surface area contributed by atoms with E-state index in [9.17, 15) is 14.4 Å². The summed E-state index contributed by atoms with van der Waals surface area (Å²) in [5.74, 6) is 0.835. The average molecular weight is 550 g/mol. The fourth-order valence-electron chi connectivity index (χ4n) is 5.18. The molecule has 0 saturated carbocycles. The lowest BCUT2D eigenvalue weighted by Crippen LogP contribution is -2.53. The zero-order valence-corrected chi connectivity index (χ0v) is 22.2. The number of hydrogen-bond acceptors (Lipinski definition) is 5. The Labute approximate surface area is 216 Å². The van der Waals surface area contributed by atoms with Crippen molar-refractivity contribution in [3.8, 4) is 5.75 Å². The van der Waals surface area contributed by atoms with Gasteiger partial charge in [-0.1, -0.05) is 28.4 Å². The standard InChI is InChI=1S/C26H37BrN4O4/c1-28-12-14-29(15-13-28)25(33)16-20-18-31(26(34)19-30-10-4-2-3-8-24(30)32)11-9-23(20)35-22-7-5-6-21(27)17-22/h5-7,17,20,23H,2-4,8-16,18-19H2,1H3/t20-,23-/m0/s1. The first-order valence-electron chi connectivity index (χ1n) is 12.8. The predicted octanol–water partition coefficient (Wildman–Crippen LogP) is 2.61. The number of hydrogen-bond donors (Lipinski definition) is 0. The van der Waals surface area contributed by atoms with E-state index in [0.717, 1.165) is 55.7 Å². The van der Waals surface area contributed by atoms with E-state index in [0.29, 0.717) is 38.9 Å². The lowest BCUT2D eigenvalue weighted by Gasteiger charge is -2.40. The Morgan fingerprint density at radius 2 is 1.80 bits per heavy atom. The largest absolute Gasteiger partial charge is 0.490 e. The van der Waals surface area contributed by atoms with Crippen molar-refractivity contribution in [2.24, 2.45) is 5.92 Å². The second-order valence-corrected chi connectivity index (χ2v) is 10.9. The zero-order chi connectivity index (χ0) is 24.8. The van der Waals surface area contributed by atoms with E-state index in [1.54, 1.807) is 4.90 Å². The third kappa shape index (κ3) is 7.19. The van der Waals surface area contributed by atoms with Crippen LogP contribution in [0.3, 0.4) is 0 Å². The molecule has 8 nitrogen and oxygen atoms in total. The molecule has 2 atom stereocenters. The van der Waals surface area contributed by atoms with Crippen LogP contribution in [-0.4, -0.2) is 103 Å². The zero-order valence-electron chi connectivity index (χ0n) is 20.7. The van der Waals surface area contributed by atoms with Crippen molar-refractivity contribution in [2.75, 3.05) is 59.4 Å². The lowest BCUT2D eigenvalue weighted by atomic mass is 9.90. The third-order valence-corrected chi connectivity index (χ3v) is 7.88. The summed E-state index contributed by atoms with van der Waals surface area (Å²) in [4.78, 5) is 46.5. The number of amides is 3. The molecule has 0 aromatic heterocycles. The maximum atomic E-state index is 13.2. The number of nitrogens with zero attached hydrogens (tertiary/aromatic N) is 4. The number of piperidine rings is 1. The monoisotopic (exact) mass is 548 g/mol. The molecule has 9 heteroatoms. The van der Waals surface area contributed by atoms with E-state index in [-0.39, 0.29) is 36.3 Å². The van der Waals surface area contributed by atoms with Crippen molar-refractivity contribution in [1.29, 1.82) is 0 Å². The number of carbonyl (C=O) groups is 3. The number of likely N-dealkylation sites (tertiary alicyclic amines) is 2. The highest BCUT2D eigenvalue weighted by molar-refractivity contribution is 9.10. The van der Waals surface area contributed by atoms with Gasteiger partial charge in [0.25, 0.3) is 0 Å². The van der Waals surface area contributed by atoms with Crippen LogP contribution in [-0.2, 0) is 14.4 Å². The van der Waals surface area contributed by atoms with Crippen LogP contribution in [0.4, 0.5) is 0 Å². The first kappa shape index (κ1) is 25.9. The Hall–Kier alpha value is -2.13. The molecule has 3 saturated heterocycles. The average Bonchev–Trinajstić information content (AvgIpc) is 3.04. The van der Waals surface area contributed by atoms with E-state index in [4.69, 9.17) is 4.74 Å². The number of benzene rings is 1. The second kappa shape index (κ2) is 12.2. The molecule has 3 fully saturated rings. The fraction of sp³-hybridized carbons (Fsp3) is 0.654. The number of carbonyl (C=O) groups excluding carboxylic acids is 3. The smallest absolute Gasteiger partial charge is 0.242 e. The summed E-state index contributed by atoms with van der Waals surface area (Å²) in [7, 11) is 2.07. The Morgan fingerprint density at radius 3 is 2.57 bits per heavy atom. The molecule has 1 aromatic rings. The highest BCUT2D eigenvalue weighted by Crippen LogP contribution is 2.28. The molecule has 1 aromatic carbocycles. The predicted molar refractivity (Wildman–Crippen MR) is 137 cm³/mol. The van der Waals surface area contributed by atoms with Gasteiger partial charge in [-0.25, -0.2) is 0 Å². The van der Waals surface area contributed by atoms with E-state index in [2.05, 4.69) is 27.9 Å². The van der Waals surface area contributed by atoms with Crippen molar-refractivity contribution < 1.29 is 19.1 Å². The minimum absolute atomic E-state index is 0.0294. The Balaban J connectivity index is 1.42. The van der Waals surface area contributed by atoms with E-state index >= 15 is 0 Å². The van der Waals surface area contributed by atoms with Crippen LogP contribution < -0.4 is 4.74 Å². The van der Waals surface area contributed by atoms with Crippen LogP contribution in [0.1, 0.15) is 38.5 Å². The van der Waals surface area contributed by atoms with Crippen LogP contribution in [0, 0.1) is 5.92 Å². The van der Waals surface area contributed by atoms with Crippen molar-refractivity contribution >= 4 is 33.7 Å². The third-order valence-electron chi connectivity index (χ3n) is 7.39. The molecule has 3 heterocycles. The molecule has 0 radical (unpaired) electrons. The molecule has 0 aliphatic carbocycles. The maximum Gasteiger partial charge on any atom is 0.242 e. The normalized spacial score (nSPS) is 24.3. The minimum atomic E-state index is -0.149. The van der Waals surface area contributed by atoms with Gasteiger partial charge in [0.15, 0.2) is 0 Å². The van der Waals surface area contributed by atoms with E-state index < -0.39 is 0 Å². The number of likely N-dealkylation sites (N-methyl/N-ethyl adjacent to an activating group) is 1. The van der Waals surface area contributed by atoms with Crippen molar-refractivity contribution in [3.05, 3.63) is 28.7 Å². The highest BCUT2D eigenvalue weighted by Gasteiger charge is 2.36. The summed E-state index contributed by atoms with van der Waals surface area (Å²) >= 11 is 3.50. The Morgan fingerprint density at radius 1 is 1.00 bits per heavy atom. The lowest BCUT2D eigenvalue weighted by molar-refractivity contribution is -0.143. The molecule has 0 spiro atoms. The molecule has 3 aliphatic rings. The van der Waals surface area contributed by atoms with Crippen LogP contribution in [0.2, 0.25) is 0 Å². The van der Waals surface area contributed by atoms with Gasteiger partial charge in [-0.3, -0.25) is 14.4 Å². The molecule has 192 valence electrons. The van der Waals surface area contributed by atoms with Gasteiger partial charge in [0.05, 0.1) is 6.54 Å². The van der Waals surface area contributed by atoms with Crippen molar-refractivity contribution in [2.45, 2.75) is 44.6 Å². The molecule has 0 unspecified atom stereocenters. The number of piperazine rings is 1. The van der Waals surface area contributed by atoms with Crippen molar-refractivity contribution in [3.63, 3.8) is 0 Å². The molecule has 0 bridgehead atoms. The number of halogens is 1. The summed E-state index contributed by atoms with van der Waals surface area (Å²) in [6, 6.07) is 7.74. The van der Waals surface area contributed by atoms with Gasteiger partial charge >= 0.3 is 0 Å². The maximum absolute atomic E-state index is 13.2. The summed E-state index contributed by atoms with van der Waals surface area (Å²) in [5.41, 5.74) is 0. The molecule has 0 N–H and O–H groups in total. The fourth-order valence-corrected chi connectivity index (χ4v) is 5.56. The van der Waals surface area contributed by atoms with Crippen molar-refractivity contribution in [1.82, 2.24) is 19.6 Å². The first-order valence-corrected chi connectivity index (χ1v) is 13.6. The van der Waals surface area contributed by atoms with E-state index in [1.165, 1.54) is 0 Å². The summed E-state index contributed by atoms with van der Waals surface area (Å²) in [6.07, 6.45) is 4.28. The molecule has 35 heavy (non-hydrogen) atoms. The van der Waals surface area contributed by atoms with Gasteiger partial charge in [-0.15, -0.1) is 0 Å². The molecule has 3 aliphatic heterocycles. The number of ether oxygens (including phenoxy) is 1. The quantitative estimate of drug-likeness (QED) is 0.546. The first-order chi connectivity index (χ1) is 16.9. The Kier molecular flexibility index (Phi) is 9.05. The highest BCUT2D eigenvalue weighted by atomic mass is 79.9. The summed E-state index contributed by atoms with van der Waals surface area (Å²) < 4.78 is 7.29. The van der Waals surface area contributed by atoms with E-state index in [1.807, 2.05) is 34.1 Å². The number of rotatable bonds is 6. The molecule has 4 rings (SSSR count). The Bertz CT molecular complexity index is 905. The summed E-state index contributed by atoms with van der Waals surface area (Å²) in [5, 5.41) is 0. The van der Waals surface area contributed by atoms with Gasteiger partial charge in [-0.2, -0.15) is 0 Å². The molecular weight excluding hydrogens is 512 g/mol. The van der Waals surface area contributed by atoms with Crippen LogP contribution in [0.25, 0.3) is 0 Å². The van der Waals surface area contributed by atoms with Crippen LogP contribution >= 0.6 is 15.9 Å². The van der Waals surface area contributed by atoms with Gasteiger partial charge < -0.3 is 24.3 Å². The minimum Gasteiger partial charge on any atom is -0.490 e. The topological polar surface area (TPSA) is 73.4 Å². The van der Waals surface area contributed by atoms with Crippen LogP contribution in [0.15, 0.2) is 28.7 Å². The second-order valence-electron chi connectivity index (χ2n) is 10.0. The molecular formula is C26H37BrN4O4. The van der Waals surface area contributed by atoms with Gasteiger partial charge in [-0.05, 0) is 38.1 Å². The van der Waals surface area contributed by atoms with Gasteiger partial charge in [0.2, 0.25) is 17.7 Å².